The van der Waals surface area contributed by atoms with Gasteiger partial charge in [-0.1, -0.05) is 29.7 Å². The molecule has 0 atom stereocenters. The van der Waals surface area contributed by atoms with E-state index in [1.807, 2.05) is 12.1 Å². The molecule has 1 radical (unpaired) electrons. The van der Waals surface area contributed by atoms with Gasteiger partial charge in [0.2, 0.25) is 0 Å². The number of hydrogen-bond donors (Lipinski definition) is 0. The molecule has 0 saturated heterocycles. The monoisotopic (exact) mass is 466 g/mol. The van der Waals surface area contributed by atoms with Crippen LogP contribution in [0.25, 0.3) is 32.0 Å². The molecule has 4 heteroatoms. The summed E-state index contributed by atoms with van der Waals surface area (Å²) in [6.45, 7) is 0. The quantitative estimate of drug-likeness (QED) is 0.188. The van der Waals surface area contributed by atoms with Crippen LogP contribution in [0.5, 0.6) is 0 Å². The SMILES string of the molecule is [Ir].[c-]1cccc2c3ccccc3n3c4ccsc4[c-][n+]3c12. The maximum absolute atomic E-state index is 3.46. The smallest absolute Gasteiger partial charge is 0.163 e. The first kappa shape index (κ1) is 13.0. The number of para-hydroxylation sites is 2. The maximum Gasteiger partial charge on any atom is 0.163 e. The molecule has 2 nitrogen and oxygen atoms in total. The first-order chi connectivity index (χ1) is 9.93. The molecule has 0 saturated carbocycles. The summed E-state index contributed by atoms with van der Waals surface area (Å²) in [5.41, 5.74) is 3.46. The van der Waals surface area contributed by atoms with Gasteiger partial charge in [0.25, 0.3) is 0 Å². The third-order valence-corrected chi connectivity index (χ3v) is 4.56. The fraction of sp³-hybridized carbons (Fsp3) is 0. The van der Waals surface area contributed by atoms with Crippen molar-refractivity contribution in [2.24, 2.45) is 0 Å². The molecule has 0 unspecified atom stereocenters. The number of rotatable bonds is 0. The average Bonchev–Trinajstić information content (AvgIpc) is 3.08. The molecule has 0 amide bonds. The van der Waals surface area contributed by atoms with Gasteiger partial charge in [-0.15, -0.1) is 5.39 Å². The Balaban J connectivity index is 0.00000115. The first-order valence-corrected chi connectivity index (χ1v) is 7.36. The number of hydrogen-bond acceptors (Lipinski definition) is 1. The summed E-state index contributed by atoms with van der Waals surface area (Å²) in [5.74, 6) is 0. The number of nitrogens with zero attached hydrogens (tertiary/aromatic N) is 2. The minimum Gasteiger partial charge on any atom is -0.208 e. The van der Waals surface area contributed by atoms with Gasteiger partial charge in [-0.05, 0) is 11.4 Å². The van der Waals surface area contributed by atoms with Crippen LogP contribution in [0.2, 0.25) is 0 Å². The molecule has 5 aromatic rings. The fourth-order valence-corrected chi connectivity index (χ4v) is 3.65. The normalized spacial score (nSPS) is 11.4. The maximum atomic E-state index is 3.46. The summed E-state index contributed by atoms with van der Waals surface area (Å²) in [6, 6.07) is 20.1. The Morgan fingerprint density at radius 3 is 2.76 bits per heavy atom. The number of aromatic nitrogens is 2. The van der Waals surface area contributed by atoms with Crippen molar-refractivity contribution in [1.29, 1.82) is 0 Å². The molecule has 3 aromatic heterocycles. The van der Waals surface area contributed by atoms with E-state index < -0.39 is 0 Å². The molecule has 5 rings (SSSR count). The largest absolute Gasteiger partial charge is 0.208 e. The second-order valence-electron chi connectivity index (χ2n) is 4.82. The van der Waals surface area contributed by atoms with Crippen LogP contribution in [0, 0.1) is 12.3 Å². The molecular formula is C17H9IrN2S-. The van der Waals surface area contributed by atoms with Crippen molar-refractivity contribution in [3.63, 3.8) is 0 Å². The van der Waals surface area contributed by atoms with Crippen molar-refractivity contribution < 1.29 is 24.6 Å². The van der Waals surface area contributed by atoms with Gasteiger partial charge in [0.15, 0.2) is 6.20 Å². The van der Waals surface area contributed by atoms with Crippen molar-refractivity contribution in [2.45, 2.75) is 0 Å². The third kappa shape index (κ3) is 1.64. The van der Waals surface area contributed by atoms with E-state index in [-0.39, 0.29) is 20.1 Å². The topological polar surface area (TPSA) is 8.51 Å². The molecule has 0 spiro atoms. The standard InChI is InChI=1S/C17H9N2S.Ir/c1-3-7-14-12(5-1)13-6-2-4-8-15(13)19-16-9-10-20-17(16)11-18(14)19;/h1-6,8-10H;/q-1;. The van der Waals surface area contributed by atoms with Gasteiger partial charge in [-0.2, -0.15) is 40.1 Å². The summed E-state index contributed by atoms with van der Waals surface area (Å²) in [7, 11) is 0. The van der Waals surface area contributed by atoms with Crippen LogP contribution in [0.4, 0.5) is 0 Å². The van der Waals surface area contributed by atoms with Gasteiger partial charge >= 0.3 is 0 Å². The second kappa shape index (κ2) is 4.63. The average molecular weight is 466 g/mol. The van der Waals surface area contributed by atoms with Crippen molar-refractivity contribution in [3.8, 4) is 0 Å². The number of benzene rings is 2. The van der Waals surface area contributed by atoms with E-state index in [9.17, 15) is 0 Å². The third-order valence-electron chi connectivity index (χ3n) is 3.75. The van der Waals surface area contributed by atoms with E-state index in [1.165, 1.54) is 26.5 Å². The molecule has 3 heterocycles. The Hall–Kier alpha value is -1.74. The molecule has 0 N–H and O–H groups in total. The second-order valence-corrected chi connectivity index (χ2v) is 5.74. The van der Waals surface area contributed by atoms with E-state index in [1.54, 1.807) is 11.3 Å². The molecular weight excluding hydrogens is 456 g/mol. The predicted octanol–water partition coefficient (Wildman–Crippen LogP) is 3.64. The van der Waals surface area contributed by atoms with Crippen LogP contribution < -0.4 is 4.52 Å². The first-order valence-electron chi connectivity index (χ1n) is 6.48. The van der Waals surface area contributed by atoms with E-state index in [4.69, 9.17) is 0 Å². The van der Waals surface area contributed by atoms with Gasteiger partial charge in [0.1, 0.15) is 0 Å². The zero-order valence-corrected chi connectivity index (χ0v) is 14.0. The van der Waals surface area contributed by atoms with Gasteiger partial charge in [-0.25, -0.2) is 4.52 Å². The molecule has 103 valence electrons. The Bertz CT molecular complexity index is 1070. The van der Waals surface area contributed by atoms with Crippen LogP contribution in [-0.4, -0.2) is 4.52 Å². The van der Waals surface area contributed by atoms with E-state index >= 15 is 0 Å². The van der Waals surface area contributed by atoms with E-state index in [0.717, 1.165) is 5.52 Å². The summed E-state index contributed by atoms with van der Waals surface area (Å²) < 4.78 is 5.48. The minimum absolute atomic E-state index is 0. The van der Waals surface area contributed by atoms with Crippen molar-refractivity contribution in [3.05, 3.63) is 66.2 Å². The number of thiophene rings is 1. The van der Waals surface area contributed by atoms with Crippen molar-refractivity contribution in [2.75, 3.05) is 0 Å². The van der Waals surface area contributed by atoms with Crippen LogP contribution >= 0.6 is 11.3 Å². The Labute approximate surface area is 138 Å². The predicted molar refractivity (Wildman–Crippen MR) is 81.1 cm³/mol. The zero-order chi connectivity index (χ0) is 13.1. The van der Waals surface area contributed by atoms with Crippen LogP contribution in [0.1, 0.15) is 0 Å². The minimum atomic E-state index is 0. The van der Waals surface area contributed by atoms with Crippen molar-refractivity contribution in [1.82, 2.24) is 4.52 Å². The van der Waals surface area contributed by atoms with Crippen LogP contribution in [0.3, 0.4) is 0 Å². The van der Waals surface area contributed by atoms with E-state index in [2.05, 4.69) is 63.1 Å². The number of fused-ring (bicyclic) bond motifs is 8. The summed E-state index contributed by atoms with van der Waals surface area (Å²) in [4.78, 5) is 0. The summed E-state index contributed by atoms with van der Waals surface area (Å²) in [5, 5.41) is 4.57. The molecule has 2 aromatic carbocycles. The van der Waals surface area contributed by atoms with Crippen molar-refractivity contribution >= 4 is 43.4 Å². The molecule has 0 bridgehead atoms. The van der Waals surface area contributed by atoms with Gasteiger partial charge < -0.3 is 0 Å². The fourth-order valence-electron chi connectivity index (χ4n) is 2.91. The van der Waals surface area contributed by atoms with Crippen LogP contribution in [-0.2, 0) is 20.1 Å². The summed E-state index contributed by atoms with van der Waals surface area (Å²) >= 11 is 1.72. The molecule has 21 heavy (non-hydrogen) atoms. The van der Waals surface area contributed by atoms with Gasteiger partial charge in [0.05, 0.1) is 5.52 Å². The Kier molecular flexibility index (Phi) is 2.86. The summed E-state index contributed by atoms with van der Waals surface area (Å²) in [6.07, 6.45) is 3.46. The molecule has 0 aliphatic heterocycles. The van der Waals surface area contributed by atoms with Crippen LogP contribution in [0.15, 0.2) is 53.9 Å². The van der Waals surface area contributed by atoms with Gasteiger partial charge in [0, 0.05) is 35.8 Å². The van der Waals surface area contributed by atoms with E-state index in [0.29, 0.717) is 0 Å². The zero-order valence-electron chi connectivity index (χ0n) is 10.8. The molecule has 0 aliphatic carbocycles. The Morgan fingerprint density at radius 2 is 1.81 bits per heavy atom. The van der Waals surface area contributed by atoms with Gasteiger partial charge in [-0.3, -0.25) is 0 Å². The molecule has 0 fully saturated rings. The molecule has 0 aliphatic rings. The Morgan fingerprint density at radius 1 is 0.952 bits per heavy atom.